The first-order chi connectivity index (χ1) is 13.3. The molecule has 5 heteroatoms. The average Bonchev–Trinajstić information content (AvgIpc) is 3.19. The zero-order valence-electron chi connectivity index (χ0n) is 16.3. The van der Waals surface area contributed by atoms with E-state index in [-0.39, 0.29) is 0 Å². The molecule has 1 aromatic carbocycles. The minimum atomic E-state index is 0.509. The molecule has 2 heterocycles. The maximum atomic E-state index is 5.12. The molecule has 0 aliphatic heterocycles. The van der Waals surface area contributed by atoms with E-state index >= 15 is 0 Å². The molecule has 0 atom stereocenters. The first kappa shape index (κ1) is 17.0. The van der Waals surface area contributed by atoms with Gasteiger partial charge >= 0.3 is 0 Å². The average molecular weight is 364 g/mol. The molecule has 0 unspecified atom stereocenters. The third-order valence-corrected chi connectivity index (χ3v) is 6.66. The van der Waals surface area contributed by atoms with Gasteiger partial charge in [0.15, 0.2) is 5.65 Å². The summed E-state index contributed by atoms with van der Waals surface area (Å²) in [5.41, 5.74) is 1.99. The molecule has 2 aliphatic carbocycles. The minimum Gasteiger partial charge on any atom is -0.342 e. The van der Waals surface area contributed by atoms with Crippen molar-refractivity contribution in [3.8, 4) is 0 Å². The van der Waals surface area contributed by atoms with Crippen molar-refractivity contribution in [1.82, 2.24) is 19.6 Å². The Kier molecular flexibility index (Phi) is 4.46. The lowest BCUT2D eigenvalue weighted by Crippen LogP contribution is -2.35. The maximum absolute atomic E-state index is 5.12. The number of para-hydroxylation sites is 1. The number of hydrogen-bond donors (Lipinski definition) is 0. The molecule has 2 saturated carbocycles. The van der Waals surface area contributed by atoms with Crippen LogP contribution in [0.15, 0.2) is 24.3 Å². The summed E-state index contributed by atoms with van der Waals surface area (Å²) in [5.74, 6) is 2.66. The van der Waals surface area contributed by atoms with Gasteiger partial charge in [0.25, 0.3) is 0 Å². The molecule has 27 heavy (non-hydrogen) atoms. The summed E-state index contributed by atoms with van der Waals surface area (Å²) in [6.07, 6.45) is 12.9. The largest absolute Gasteiger partial charge is 0.342 e. The second kappa shape index (κ2) is 7.10. The van der Waals surface area contributed by atoms with E-state index in [4.69, 9.17) is 10.1 Å². The van der Waals surface area contributed by atoms with Crippen LogP contribution >= 0.6 is 0 Å². The Morgan fingerprint density at radius 2 is 1.59 bits per heavy atom. The van der Waals surface area contributed by atoms with Crippen LogP contribution in [0.4, 0.5) is 5.95 Å². The van der Waals surface area contributed by atoms with Crippen LogP contribution in [0.2, 0.25) is 0 Å². The van der Waals surface area contributed by atoms with E-state index in [2.05, 4.69) is 45.7 Å². The fourth-order valence-corrected chi connectivity index (χ4v) is 5.08. The van der Waals surface area contributed by atoms with Crippen molar-refractivity contribution in [2.24, 2.45) is 0 Å². The Balaban J connectivity index is 1.69. The molecule has 0 bridgehead atoms. The quantitative estimate of drug-likeness (QED) is 0.650. The Bertz CT molecular complexity index is 934. The highest BCUT2D eigenvalue weighted by molar-refractivity contribution is 5.92. The highest BCUT2D eigenvalue weighted by Gasteiger charge is 2.27. The zero-order valence-corrected chi connectivity index (χ0v) is 16.3. The van der Waals surface area contributed by atoms with Crippen LogP contribution in [-0.4, -0.2) is 32.7 Å². The first-order valence-electron chi connectivity index (χ1n) is 10.7. The molecular formula is C22H29N5. The van der Waals surface area contributed by atoms with Gasteiger partial charge in [-0.3, -0.25) is 0 Å². The standard InChI is InChI=1S/C22H29N5/c1-26(17-12-6-3-7-13-17)22-23-19-15-9-8-14-18(19)21-25-24-20(27(21)22)16-10-4-2-5-11-16/h8-9,14-17H,2-7,10-13H2,1H3. The molecule has 0 saturated heterocycles. The SMILES string of the molecule is CN(c1nc2ccccc2c2nnc(C3CCCCC3)n12)C1CCCCC1. The summed E-state index contributed by atoms with van der Waals surface area (Å²) in [6, 6.07) is 8.93. The molecule has 2 aliphatic rings. The van der Waals surface area contributed by atoms with Crippen molar-refractivity contribution >= 4 is 22.5 Å². The van der Waals surface area contributed by atoms with Gasteiger partial charge in [-0.1, -0.05) is 50.7 Å². The molecule has 2 fully saturated rings. The third kappa shape index (κ3) is 2.97. The van der Waals surface area contributed by atoms with E-state index in [0.717, 1.165) is 28.3 Å². The van der Waals surface area contributed by atoms with Gasteiger partial charge in [0.05, 0.1) is 5.52 Å². The van der Waals surface area contributed by atoms with Gasteiger partial charge in [-0.05, 0) is 37.8 Å². The molecular weight excluding hydrogens is 334 g/mol. The van der Waals surface area contributed by atoms with Gasteiger partial charge in [-0.25, -0.2) is 9.38 Å². The topological polar surface area (TPSA) is 46.3 Å². The number of hydrogen-bond acceptors (Lipinski definition) is 4. The van der Waals surface area contributed by atoms with E-state index in [9.17, 15) is 0 Å². The van der Waals surface area contributed by atoms with Gasteiger partial charge in [-0.15, -0.1) is 10.2 Å². The van der Waals surface area contributed by atoms with Crippen molar-refractivity contribution < 1.29 is 0 Å². The third-order valence-electron chi connectivity index (χ3n) is 6.66. The van der Waals surface area contributed by atoms with Crippen LogP contribution in [0.1, 0.15) is 76.0 Å². The van der Waals surface area contributed by atoms with Gasteiger partial charge in [0.1, 0.15) is 5.82 Å². The number of nitrogens with zero attached hydrogens (tertiary/aromatic N) is 5. The van der Waals surface area contributed by atoms with Crippen LogP contribution in [0.5, 0.6) is 0 Å². The van der Waals surface area contributed by atoms with Crippen molar-refractivity contribution in [1.29, 1.82) is 0 Å². The lowest BCUT2D eigenvalue weighted by atomic mass is 9.89. The molecule has 2 aromatic heterocycles. The van der Waals surface area contributed by atoms with Crippen molar-refractivity contribution in [3.05, 3.63) is 30.1 Å². The van der Waals surface area contributed by atoms with E-state index in [1.165, 1.54) is 64.2 Å². The van der Waals surface area contributed by atoms with Crippen LogP contribution in [0.25, 0.3) is 16.6 Å². The van der Waals surface area contributed by atoms with Crippen molar-refractivity contribution in [3.63, 3.8) is 0 Å². The molecule has 5 rings (SSSR count). The van der Waals surface area contributed by atoms with Gasteiger partial charge in [0, 0.05) is 24.4 Å². The summed E-state index contributed by atoms with van der Waals surface area (Å²) < 4.78 is 2.28. The second-order valence-electron chi connectivity index (χ2n) is 8.38. The van der Waals surface area contributed by atoms with Gasteiger partial charge in [0.2, 0.25) is 5.95 Å². The van der Waals surface area contributed by atoms with Crippen LogP contribution in [-0.2, 0) is 0 Å². The molecule has 0 radical (unpaired) electrons. The maximum Gasteiger partial charge on any atom is 0.213 e. The number of anilines is 1. The fraction of sp³-hybridized carbons (Fsp3) is 0.591. The van der Waals surface area contributed by atoms with Gasteiger partial charge < -0.3 is 4.90 Å². The summed E-state index contributed by atoms with van der Waals surface area (Å²) >= 11 is 0. The second-order valence-corrected chi connectivity index (χ2v) is 8.38. The molecule has 5 nitrogen and oxygen atoms in total. The number of aromatic nitrogens is 4. The monoisotopic (exact) mass is 363 g/mol. The molecule has 0 spiro atoms. The molecule has 3 aromatic rings. The number of fused-ring (bicyclic) bond motifs is 3. The minimum absolute atomic E-state index is 0.509. The Morgan fingerprint density at radius 1 is 0.889 bits per heavy atom. The summed E-state index contributed by atoms with van der Waals surface area (Å²) in [5, 5.41) is 10.5. The Morgan fingerprint density at radius 3 is 2.37 bits per heavy atom. The van der Waals surface area contributed by atoms with Gasteiger partial charge in [-0.2, -0.15) is 0 Å². The number of rotatable bonds is 3. The Hall–Kier alpha value is -2.17. The first-order valence-corrected chi connectivity index (χ1v) is 10.7. The normalized spacial score (nSPS) is 19.7. The molecule has 142 valence electrons. The van der Waals surface area contributed by atoms with E-state index in [1.54, 1.807) is 0 Å². The lowest BCUT2D eigenvalue weighted by Gasteiger charge is -2.33. The summed E-state index contributed by atoms with van der Waals surface area (Å²) in [6.45, 7) is 0. The zero-order chi connectivity index (χ0) is 18.2. The summed E-state index contributed by atoms with van der Waals surface area (Å²) in [4.78, 5) is 7.53. The van der Waals surface area contributed by atoms with E-state index in [0.29, 0.717) is 12.0 Å². The van der Waals surface area contributed by atoms with Crippen LogP contribution in [0, 0.1) is 0 Å². The molecule has 0 amide bonds. The van der Waals surface area contributed by atoms with Crippen LogP contribution < -0.4 is 4.90 Å². The summed E-state index contributed by atoms with van der Waals surface area (Å²) in [7, 11) is 2.22. The highest BCUT2D eigenvalue weighted by atomic mass is 15.4. The molecule has 0 N–H and O–H groups in total. The predicted octanol–water partition coefficient (Wildman–Crippen LogP) is 5.09. The van der Waals surface area contributed by atoms with Crippen molar-refractivity contribution in [2.45, 2.75) is 76.2 Å². The predicted molar refractivity (Wildman–Crippen MR) is 109 cm³/mol. The smallest absolute Gasteiger partial charge is 0.213 e. The lowest BCUT2D eigenvalue weighted by molar-refractivity contribution is 0.416. The van der Waals surface area contributed by atoms with E-state index in [1.807, 2.05) is 0 Å². The fourth-order valence-electron chi connectivity index (χ4n) is 5.08. The van der Waals surface area contributed by atoms with E-state index < -0.39 is 0 Å². The van der Waals surface area contributed by atoms with Crippen LogP contribution in [0.3, 0.4) is 0 Å². The number of benzene rings is 1. The van der Waals surface area contributed by atoms with Crippen molar-refractivity contribution in [2.75, 3.05) is 11.9 Å². The highest BCUT2D eigenvalue weighted by Crippen LogP contribution is 2.35. The Labute approximate surface area is 160 Å².